The highest BCUT2D eigenvalue weighted by atomic mass is 16.5. The van der Waals surface area contributed by atoms with Crippen LogP contribution in [-0.4, -0.2) is 49.3 Å². The highest BCUT2D eigenvalue weighted by Gasteiger charge is 2.26. The normalized spacial score (nSPS) is 25.4. The number of carbonyl (C=O) groups is 1. The van der Waals surface area contributed by atoms with Crippen molar-refractivity contribution in [2.75, 3.05) is 31.7 Å². The Kier molecular flexibility index (Phi) is 4.83. The van der Waals surface area contributed by atoms with Crippen LogP contribution < -0.4 is 5.32 Å². The molecule has 3 heterocycles. The van der Waals surface area contributed by atoms with Gasteiger partial charge in [-0.3, -0.25) is 9.69 Å². The first-order chi connectivity index (χ1) is 11.8. The SMILES string of the molecule is O=C(Nc1ccc2c(c1)CN(C1CCOCC1)CC2)C1CCCO1. The third-order valence-electron chi connectivity index (χ3n) is 5.44. The predicted molar refractivity (Wildman–Crippen MR) is 92.0 cm³/mol. The number of anilines is 1. The van der Waals surface area contributed by atoms with Crippen LogP contribution >= 0.6 is 0 Å². The Morgan fingerprint density at radius 1 is 1.12 bits per heavy atom. The zero-order chi connectivity index (χ0) is 16.4. The third-order valence-corrected chi connectivity index (χ3v) is 5.44. The van der Waals surface area contributed by atoms with E-state index in [4.69, 9.17) is 9.47 Å². The molecule has 1 aromatic carbocycles. The second-order valence-corrected chi connectivity index (χ2v) is 7.04. The molecule has 24 heavy (non-hydrogen) atoms. The Morgan fingerprint density at radius 3 is 2.79 bits per heavy atom. The van der Waals surface area contributed by atoms with Crippen molar-refractivity contribution in [1.29, 1.82) is 0 Å². The summed E-state index contributed by atoms with van der Waals surface area (Å²) in [7, 11) is 0. The maximum Gasteiger partial charge on any atom is 0.253 e. The fraction of sp³-hybridized carbons (Fsp3) is 0.632. The van der Waals surface area contributed by atoms with E-state index in [1.807, 2.05) is 6.07 Å². The molecular formula is C19H26N2O3. The fourth-order valence-electron chi connectivity index (χ4n) is 4.03. The fourth-order valence-corrected chi connectivity index (χ4v) is 4.03. The summed E-state index contributed by atoms with van der Waals surface area (Å²) in [4.78, 5) is 14.8. The Hall–Kier alpha value is -1.43. The van der Waals surface area contributed by atoms with Gasteiger partial charge in [-0.25, -0.2) is 0 Å². The number of ether oxygens (including phenoxy) is 2. The Bertz CT molecular complexity index is 592. The largest absolute Gasteiger partial charge is 0.381 e. The predicted octanol–water partition coefficient (Wildman–Crippen LogP) is 2.34. The minimum atomic E-state index is -0.278. The Morgan fingerprint density at radius 2 is 2.00 bits per heavy atom. The molecule has 0 spiro atoms. The molecule has 1 N–H and O–H groups in total. The maximum atomic E-state index is 12.2. The van der Waals surface area contributed by atoms with Crippen molar-refractivity contribution in [1.82, 2.24) is 4.90 Å². The van der Waals surface area contributed by atoms with Crippen molar-refractivity contribution >= 4 is 11.6 Å². The molecule has 0 bridgehead atoms. The smallest absolute Gasteiger partial charge is 0.253 e. The number of rotatable bonds is 3. The summed E-state index contributed by atoms with van der Waals surface area (Å²) in [6.07, 6.45) is 4.87. The van der Waals surface area contributed by atoms with Crippen molar-refractivity contribution in [3.63, 3.8) is 0 Å². The number of nitrogens with zero attached hydrogens (tertiary/aromatic N) is 1. The van der Waals surface area contributed by atoms with Crippen molar-refractivity contribution in [3.05, 3.63) is 29.3 Å². The van der Waals surface area contributed by atoms with Crippen molar-refractivity contribution in [3.8, 4) is 0 Å². The van der Waals surface area contributed by atoms with Gasteiger partial charge in [0.25, 0.3) is 5.91 Å². The molecule has 130 valence electrons. The second-order valence-electron chi connectivity index (χ2n) is 7.04. The van der Waals surface area contributed by atoms with Crippen LogP contribution in [0.5, 0.6) is 0 Å². The van der Waals surface area contributed by atoms with Gasteiger partial charge in [0, 0.05) is 44.6 Å². The quantitative estimate of drug-likeness (QED) is 0.924. The minimum Gasteiger partial charge on any atom is -0.381 e. The molecule has 1 amide bonds. The van der Waals surface area contributed by atoms with Crippen LogP contribution in [0.3, 0.4) is 0 Å². The van der Waals surface area contributed by atoms with E-state index in [1.165, 1.54) is 11.1 Å². The van der Waals surface area contributed by atoms with E-state index in [0.717, 1.165) is 64.1 Å². The molecule has 0 radical (unpaired) electrons. The van der Waals surface area contributed by atoms with E-state index >= 15 is 0 Å². The zero-order valence-electron chi connectivity index (χ0n) is 14.1. The molecular weight excluding hydrogens is 304 g/mol. The summed E-state index contributed by atoms with van der Waals surface area (Å²) in [6.45, 7) is 4.56. The monoisotopic (exact) mass is 330 g/mol. The van der Waals surface area contributed by atoms with Gasteiger partial charge < -0.3 is 14.8 Å². The second kappa shape index (κ2) is 7.21. The van der Waals surface area contributed by atoms with E-state index < -0.39 is 0 Å². The molecule has 1 unspecified atom stereocenters. The number of hydrogen-bond acceptors (Lipinski definition) is 4. The van der Waals surface area contributed by atoms with Crippen molar-refractivity contribution in [2.45, 2.75) is 50.8 Å². The van der Waals surface area contributed by atoms with E-state index in [-0.39, 0.29) is 12.0 Å². The lowest BCUT2D eigenvalue weighted by molar-refractivity contribution is -0.124. The molecule has 0 aliphatic carbocycles. The van der Waals surface area contributed by atoms with Gasteiger partial charge in [-0.1, -0.05) is 6.07 Å². The van der Waals surface area contributed by atoms with E-state index in [2.05, 4.69) is 22.3 Å². The van der Waals surface area contributed by atoms with E-state index in [1.54, 1.807) is 0 Å². The highest BCUT2D eigenvalue weighted by molar-refractivity contribution is 5.94. The summed E-state index contributed by atoms with van der Waals surface area (Å²) < 4.78 is 10.9. The molecule has 5 nitrogen and oxygen atoms in total. The van der Waals surface area contributed by atoms with Crippen LogP contribution in [0.15, 0.2) is 18.2 Å². The summed E-state index contributed by atoms with van der Waals surface area (Å²) >= 11 is 0. The van der Waals surface area contributed by atoms with Gasteiger partial charge in [-0.2, -0.15) is 0 Å². The Balaban J connectivity index is 1.43. The first kappa shape index (κ1) is 16.1. The average Bonchev–Trinajstić information content (AvgIpc) is 3.17. The molecule has 1 aromatic rings. The van der Waals surface area contributed by atoms with Gasteiger partial charge in [0.1, 0.15) is 6.10 Å². The molecule has 3 aliphatic heterocycles. The Labute approximate surface area is 143 Å². The van der Waals surface area contributed by atoms with Crippen LogP contribution in [0, 0.1) is 0 Å². The molecule has 2 fully saturated rings. The summed E-state index contributed by atoms with van der Waals surface area (Å²) in [5.74, 6) is -0.00968. The van der Waals surface area contributed by atoms with Gasteiger partial charge >= 0.3 is 0 Å². The number of amides is 1. The average molecular weight is 330 g/mol. The first-order valence-corrected chi connectivity index (χ1v) is 9.16. The van der Waals surface area contributed by atoms with Crippen LogP contribution in [0.2, 0.25) is 0 Å². The zero-order valence-corrected chi connectivity index (χ0v) is 14.1. The molecule has 3 aliphatic rings. The molecule has 5 heteroatoms. The highest BCUT2D eigenvalue weighted by Crippen LogP contribution is 2.27. The minimum absolute atomic E-state index is 0.00968. The lowest BCUT2D eigenvalue weighted by Crippen LogP contribution is -2.42. The molecule has 4 rings (SSSR count). The van der Waals surface area contributed by atoms with Crippen LogP contribution in [0.25, 0.3) is 0 Å². The van der Waals surface area contributed by atoms with E-state index in [9.17, 15) is 4.79 Å². The number of carbonyl (C=O) groups excluding carboxylic acids is 1. The lowest BCUT2D eigenvalue weighted by Gasteiger charge is -2.37. The maximum absolute atomic E-state index is 12.2. The molecule has 0 aromatic heterocycles. The summed E-state index contributed by atoms with van der Waals surface area (Å²) in [5, 5.41) is 3.03. The van der Waals surface area contributed by atoms with Gasteiger partial charge in [0.15, 0.2) is 0 Å². The number of nitrogens with one attached hydrogen (secondary N) is 1. The summed E-state index contributed by atoms with van der Waals surface area (Å²) in [5.41, 5.74) is 3.65. The molecule has 2 saturated heterocycles. The van der Waals surface area contributed by atoms with Crippen LogP contribution in [0.4, 0.5) is 5.69 Å². The molecule has 1 atom stereocenters. The number of hydrogen-bond donors (Lipinski definition) is 1. The lowest BCUT2D eigenvalue weighted by atomic mass is 9.96. The number of benzene rings is 1. The molecule has 0 saturated carbocycles. The van der Waals surface area contributed by atoms with Crippen LogP contribution in [0.1, 0.15) is 36.8 Å². The summed E-state index contributed by atoms with van der Waals surface area (Å²) in [6, 6.07) is 6.97. The van der Waals surface area contributed by atoms with Crippen LogP contribution in [-0.2, 0) is 27.2 Å². The van der Waals surface area contributed by atoms with Crippen molar-refractivity contribution < 1.29 is 14.3 Å². The first-order valence-electron chi connectivity index (χ1n) is 9.16. The standard InChI is InChI=1S/C19H26N2O3/c22-19(18-2-1-9-24-18)20-16-4-3-14-5-8-21(13-15(14)12-16)17-6-10-23-11-7-17/h3-4,12,17-18H,1-2,5-11,13H2,(H,20,22). The van der Waals surface area contributed by atoms with Gasteiger partial charge in [0.05, 0.1) is 0 Å². The van der Waals surface area contributed by atoms with E-state index in [0.29, 0.717) is 12.6 Å². The topological polar surface area (TPSA) is 50.8 Å². The number of fused-ring (bicyclic) bond motifs is 1. The van der Waals surface area contributed by atoms with Crippen molar-refractivity contribution in [2.24, 2.45) is 0 Å². The van der Waals surface area contributed by atoms with Gasteiger partial charge in [-0.05, 0) is 55.4 Å². The third kappa shape index (κ3) is 3.48. The van der Waals surface area contributed by atoms with Gasteiger partial charge in [0.2, 0.25) is 0 Å². The van der Waals surface area contributed by atoms with Gasteiger partial charge in [-0.15, -0.1) is 0 Å².